The molecular weight excluding hydrogens is 232 g/mol. The number of ether oxygens (including phenoxy) is 2. The first-order valence-electron chi connectivity index (χ1n) is 5.47. The van der Waals surface area contributed by atoms with E-state index in [4.69, 9.17) is 15.9 Å². The maximum Gasteiger partial charge on any atom is 0.363 e. The molecule has 0 bridgehead atoms. The third-order valence-corrected chi connectivity index (χ3v) is 2.25. The van der Waals surface area contributed by atoms with E-state index in [0.717, 1.165) is 0 Å². The van der Waals surface area contributed by atoms with Crippen LogP contribution < -0.4 is 0 Å². The van der Waals surface area contributed by atoms with Crippen LogP contribution in [0, 0.1) is 12.3 Å². The molecule has 1 aromatic carbocycles. The van der Waals surface area contributed by atoms with Gasteiger partial charge >= 0.3 is 11.9 Å². The molecule has 4 nitrogen and oxygen atoms in total. The summed E-state index contributed by atoms with van der Waals surface area (Å²) in [6, 6.07) is 8.29. The van der Waals surface area contributed by atoms with Gasteiger partial charge in [-0.1, -0.05) is 18.2 Å². The highest BCUT2D eigenvalue weighted by molar-refractivity contribution is 5.93. The maximum atomic E-state index is 11.8. The second-order valence-corrected chi connectivity index (χ2v) is 3.65. The summed E-state index contributed by atoms with van der Waals surface area (Å²) in [4.78, 5) is 23.4. The minimum absolute atomic E-state index is 0.166. The van der Waals surface area contributed by atoms with Gasteiger partial charge < -0.3 is 9.47 Å². The Bertz CT molecular complexity index is 472. The molecule has 18 heavy (non-hydrogen) atoms. The number of hydrogen-bond acceptors (Lipinski definition) is 4. The minimum atomic E-state index is -1.71. The molecule has 1 aromatic rings. The van der Waals surface area contributed by atoms with E-state index in [1.54, 1.807) is 37.3 Å². The van der Waals surface area contributed by atoms with Crippen molar-refractivity contribution >= 4 is 11.9 Å². The lowest BCUT2D eigenvalue weighted by Gasteiger charge is -2.21. The molecule has 0 aromatic heterocycles. The molecule has 0 N–H and O–H groups in total. The predicted octanol–water partition coefficient (Wildman–Crippen LogP) is 1.80. The fourth-order valence-corrected chi connectivity index (χ4v) is 1.22. The van der Waals surface area contributed by atoms with Gasteiger partial charge in [-0.3, -0.25) is 0 Å². The van der Waals surface area contributed by atoms with Gasteiger partial charge in [0.25, 0.3) is 5.60 Å². The van der Waals surface area contributed by atoms with E-state index in [-0.39, 0.29) is 6.61 Å². The number of terminal acetylenes is 1. The van der Waals surface area contributed by atoms with E-state index in [2.05, 4.69) is 5.92 Å². The quantitative estimate of drug-likeness (QED) is 0.600. The molecule has 0 radical (unpaired) electrons. The van der Waals surface area contributed by atoms with Crippen molar-refractivity contribution in [2.75, 3.05) is 6.61 Å². The zero-order valence-corrected chi connectivity index (χ0v) is 10.3. The van der Waals surface area contributed by atoms with Crippen molar-refractivity contribution in [2.45, 2.75) is 19.4 Å². The van der Waals surface area contributed by atoms with Crippen molar-refractivity contribution in [3.8, 4) is 12.3 Å². The van der Waals surface area contributed by atoms with Gasteiger partial charge in [-0.15, -0.1) is 6.42 Å². The zero-order chi connectivity index (χ0) is 13.6. The van der Waals surface area contributed by atoms with E-state index >= 15 is 0 Å². The summed E-state index contributed by atoms with van der Waals surface area (Å²) in [7, 11) is 0. The molecule has 0 spiro atoms. The second kappa shape index (κ2) is 5.87. The smallest absolute Gasteiger partial charge is 0.363 e. The molecule has 0 fully saturated rings. The zero-order valence-electron chi connectivity index (χ0n) is 10.3. The molecule has 1 unspecified atom stereocenters. The predicted molar refractivity (Wildman–Crippen MR) is 65.7 cm³/mol. The SMILES string of the molecule is C#CC(C)(OC(=O)c1ccccc1)C(=O)OCC. The van der Waals surface area contributed by atoms with Crippen LogP contribution in [0.4, 0.5) is 0 Å². The van der Waals surface area contributed by atoms with Crippen LogP contribution in [0.25, 0.3) is 0 Å². The fraction of sp³-hybridized carbons (Fsp3) is 0.286. The van der Waals surface area contributed by atoms with Crippen LogP contribution in [0.5, 0.6) is 0 Å². The van der Waals surface area contributed by atoms with Crippen LogP contribution in [0.15, 0.2) is 30.3 Å². The Labute approximate surface area is 106 Å². The molecule has 0 amide bonds. The van der Waals surface area contributed by atoms with Crippen molar-refractivity contribution in [1.82, 2.24) is 0 Å². The summed E-state index contributed by atoms with van der Waals surface area (Å²) >= 11 is 0. The van der Waals surface area contributed by atoms with E-state index in [1.807, 2.05) is 0 Å². The monoisotopic (exact) mass is 246 g/mol. The van der Waals surface area contributed by atoms with Gasteiger partial charge in [0.15, 0.2) is 0 Å². The van der Waals surface area contributed by atoms with Crippen LogP contribution in [0.1, 0.15) is 24.2 Å². The van der Waals surface area contributed by atoms with Gasteiger partial charge in [0.05, 0.1) is 12.2 Å². The summed E-state index contributed by atoms with van der Waals surface area (Å²) < 4.78 is 9.81. The maximum absolute atomic E-state index is 11.8. The lowest BCUT2D eigenvalue weighted by atomic mass is 10.1. The number of benzene rings is 1. The lowest BCUT2D eigenvalue weighted by molar-refractivity contribution is -0.158. The van der Waals surface area contributed by atoms with Crippen LogP contribution >= 0.6 is 0 Å². The Hall–Kier alpha value is -2.28. The van der Waals surface area contributed by atoms with Crippen molar-refractivity contribution in [1.29, 1.82) is 0 Å². The average molecular weight is 246 g/mol. The number of carbonyl (C=O) groups is 2. The third kappa shape index (κ3) is 3.11. The van der Waals surface area contributed by atoms with Gasteiger partial charge in [-0.25, -0.2) is 9.59 Å². The molecule has 0 saturated carbocycles. The Morgan fingerprint density at radius 1 is 1.33 bits per heavy atom. The minimum Gasteiger partial charge on any atom is -0.462 e. The molecule has 94 valence electrons. The first-order chi connectivity index (χ1) is 8.53. The number of rotatable bonds is 4. The Kier molecular flexibility index (Phi) is 4.50. The number of esters is 2. The van der Waals surface area contributed by atoms with Gasteiger partial charge in [-0.2, -0.15) is 0 Å². The molecule has 1 rings (SSSR count). The van der Waals surface area contributed by atoms with Crippen LogP contribution in [0.3, 0.4) is 0 Å². The Morgan fingerprint density at radius 3 is 2.44 bits per heavy atom. The van der Waals surface area contributed by atoms with Crippen LogP contribution in [0.2, 0.25) is 0 Å². The second-order valence-electron chi connectivity index (χ2n) is 3.65. The molecule has 1 atom stereocenters. The van der Waals surface area contributed by atoms with E-state index in [9.17, 15) is 9.59 Å². The van der Waals surface area contributed by atoms with Gasteiger partial charge in [0.1, 0.15) is 0 Å². The lowest BCUT2D eigenvalue weighted by Crippen LogP contribution is -2.40. The Balaban J connectivity index is 2.85. The standard InChI is InChI=1S/C14H14O4/c1-4-14(3,13(16)17-5-2)18-12(15)11-9-7-6-8-10-11/h1,6-10H,5H2,2-3H3. The summed E-state index contributed by atoms with van der Waals surface area (Å²) in [6.07, 6.45) is 5.24. The molecular formula is C14H14O4. The highest BCUT2D eigenvalue weighted by atomic mass is 16.6. The van der Waals surface area contributed by atoms with Crippen molar-refractivity contribution in [2.24, 2.45) is 0 Å². The van der Waals surface area contributed by atoms with Crippen molar-refractivity contribution < 1.29 is 19.1 Å². The van der Waals surface area contributed by atoms with Crippen molar-refractivity contribution in [3.63, 3.8) is 0 Å². The first-order valence-corrected chi connectivity index (χ1v) is 5.47. The topological polar surface area (TPSA) is 52.6 Å². The van der Waals surface area contributed by atoms with E-state index < -0.39 is 17.5 Å². The number of hydrogen-bond donors (Lipinski definition) is 0. The van der Waals surface area contributed by atoms with Crippen LogP contribution in [-0.4, -0.2) is 24.1 Å². The van der Waals surface area contributed by atoms with Gasteiger partial charge in [0, 0.05) is 0 Å². The highest BCUT2D eigenvalue weighted by Crippen LogP contribution is 2.15. The average Bonchev–Trinajstić information content (AvgIpc) is 2.39. The van der Waals surface area contributed by atoms with Gasteiger partial charge in [0.2, 0.25) is 0 Å². The van der Waals surface area contributed by atoms with Crippen LogP contribution in [-0.2, 0) is 14.3 Å². The first kappa shape index (κ1) is 13.8. The normalized spacial score (nSPS) is 12.9. The largest absolute Gasteiger partial charge is 0.462 e. The summed E-state index contributed by atoms with van der Waals surface area (Å²) in [5.74, 6) is 0.730. The molecule has 0 heterocycles. The van der Waals surface area contributed by atoms with E-state index in [1.165, 1.54) is 6.92 Å². The summed E-state index contributed by atoms with van der Waals surface area (Å²) in [5, 5.41) is 0. The van der Waals surface area contributed by atoms with E-state index in [0.29, 0.717) is 5.56 Å². The molecule has 4 heteroatoms. The summed E-state index contributed by atoms with van der Waals surface area (Å²) in [6.45, 7) is 3.14. The molecule has 0 aliphatic carbocycles. The molecule has 0 aliphatic heterocycles. The van der Waals surface area contributed by atoms with Crippen molar-refractivity contribution in [3.05, 3.63) is 35.9 Å². The highest BCUT2D eigenvalue weighted by Gasteiger charge is 2.37. The Morgan fingerprint density at radius 2 is 1.94 bits per heavy atom. The number of carbonyl (C=O) groups excluding carboxylic acids is 2. The molecule has 0 saturated heterocycles. The van der Waals surface area contributed by atoms with Gasteiger partial charge in [-0.05, 0) is 31.9 Å². The third-order valence-electron chi connectivity index (χ3n) is 2.25. The summed E-state index contributed by atoms with van der Waals surface area (Å²) in [5.41, 5.74) is -1.38. The molecule has 0 aliphatic rings. The fourth-order valence-electron chi connectivity index (χ4n) is 1.22.